The zero-order valence-electron chi connectivity index (χ0n) is 14.1. The predicted octanol–water partition coefficient (Wildman–Crippen LogP) is 2.58. The number of amides is 1. The zero-order chi connectivity index (χ0) is 17.1. The number of carbonyl (C=O) groups excluding carboxylic acids is 1. The average Bonchev–Trinajstić information content (AvgIpc) is 2.98. The topological polar surface area (TPSA) is 81.1 Å². The third-order valence-corrected chi connectivity index (χ3v) is 3.80. The molecule has 2 heterocycles. The van der Waals surface area contributed by atoms with Gasteiger partial charge in [-0.3, -0.25) is 4.79 Å². The van der Waals surface area contributed by atoms with Crippen LogP contribution in [0, 0.1) is 0 Å². The van der Waals surface area contributed by atoms with Crippen molar-refractivity contribution in [3.8, 4) is 5.75 Å². The Morgan fingerprint density at radius 3 is 2.92 bits per heavy atom. The van der Waals surface area contributed by atoms with Crippen molar-refractivity contribution in [2.24, 2.45) is 0 Å². The van der Waals surface area contributed by atoms with E-state index in [1.165, 1.54) is 0 Å². The van der Waals surface area contributed by atoms with Crippen molar-refractivity contribution in [2.45, 2.75) is 33.7 Å². The lowest BCUT2D eigenvalue weighted by atomic mass is 10.1. The smallest absolute Gasteiger partial charge is 0.255 e. The van der Waals surface area contributed by atoms with Gasteiger partial charge in [-0.15, -0.1) is 0 Å². The number of rotatable bonds is 5. The summed E-state index contributed by atoms with van der Waals surface area (Å²) < 4.78 is 7.27. The van der Waals surface area contributed by atoms with Crippen molar-refractivity contribution in [1.29, 1.82) is 0 Å². The number of carbonyl (C=O) groups is 1. The quantitative estimate of drug-likeness (QED) is 0.882. The van der Waals surface area contributed by atoms with Gasteiger partial charge in [-0.1, -0.05) is 19.1 Å². The monoisotopic (exact) mass is 327 g/mol. The van der Waals surface area contributed by atoms with Gasteiger partial charge in [-0.05, 0) is 26.0 Å². The van der Waals surface area contributed by atoms with E-state index in [2.05, 4.69) is 20.7 Å². The second kappa shape index (κ2) is 6.74. The number of hydrogen-bond donors (Lipinski definition) is 2. The second-order valence-corrected chi connectivity index (χ2v) is 5.47. The van der Waals surface area contributed by atoms with Gasteiger partial charge in [0.15, 0.2) is 5.82 Å². The fourth-order valence-corrected chi connectivity index (χ4v) is 2.54. The summed E-state index contributed by atoms with van der Waals surface area (Å²) in [6.45, 7) is 6.71. The fourth-order valence-electron chi connectivity index (χ4n) is 2.54. The van der Waals surface area contributed by atoms with E-state index in [1.54, 1.807) is 4.68 Å². The first kappa shape index (κ1) is 16.0. The first-order chi connectivity index (χ1) is 11.6. The molecule has 0 radical (unpaired) electrons. The molecule has 2 aromatic rings. The molecule has 0 atom stereocenters. The van der Waals surface area contributed by atoms with Crippen LogP contribution in [-0.2, 0) is 17.8 Å². The van der Waals surface area contributed by atoms with Crippen molar-refractivity contribution in [3.63, 3.8) is 0 Å². The van der Waals surface area contributed by atoms with Crippen LogP contribution in [-0.4, -0.2) is 27.3 Å². The molecule has 1 aromatic heterocycles. The van der Waals surface area contributed by atoms with Gasteiger partial charge >= 0.3 is 0 Å². The molecular formula is C17H21N5O2. The Kier molecular flexibility index (Phi) is 4.50. The molecule has 0 saturated heterocycles. The Hall–Kier alpha value is -2.83. The van der Waals surface area contributed by atoms with Gasteiger partial charge in [0.1, 0.15) is 5.75 Å². The minimum Gasteiger partial charge on any atom is -0.492 e. The van der Waals surface area contributed by atoms with Crippen LogP contribution in [0.15, 0.2) is 35.5 Å². The molecule has 2 N–H and O–H groups in total. The molecular weight excluding hydrogens is 306 g/mol. The minimum atomic E-state index is -0.175. The Bertz CT molecular complexity index is 794. The van der Waals surface area contributed by atoms with Crippen LogP contribution >= 0.6 is 0 Å². The van der Waals surface area contributed by atoms with E-state index in [9.17, 15) is 4.79 Å². The highest BCUT2D eigenvalue weighted by Crippen LogP contribution is 2.26. The molecule has 0 bridgehead atoms. The molecule has 0 unspecified atom stereocenters. The van der Waals surface area contributed by atoms with E-state index in [-0.39, 0.29) is 5.91 Å². The van der Waals surface area contributed by atoms with Crippen molar-refractivity contribution in [3.05, 3.63) is 41.4 Å². The van der Waals surface area contributed by atoms with E-state index in [1.807, 2.05) is 45.0 Å². The maximum atomic E-state index is 12.7. The normalized spacial score (nSPS) is 13.3. The van der Waals surface area contributed by atoms with Crippen LogP contribution in [0.2, 0.25) is 0 Å². The largest absolute Gasteiger partial charge is 0.492 e. The number of aromatic nitrogens is 3. The maximum Gasteiger partial charge on any atom is 0.255 e. The molecule has 126 valence electrons. The summed E-state index contributed by atoms with van der Waals surface area (Å²) in [4.78, 5) is 17.1. The number of hydrogen-bond acceptors (Lipinski definition) is 5. The number of anilines is 2. The number of allylic oxidation sites excluding steroid dienone is 1. The van der Waals surface area contributed by atoms with E-state index in [0.29, 0.717) is 36.1 Å². The molecule has 7 heteroatoms. The summed E-state index contributed by atoms with van der Waals surface area (Å²) in [5, 5.41) is 10.5. The standard InChI is InChI=1S/C17H21N5O2/c1-4-15-20-17-18-11(3)12(10-22(17)21-15)16(23)19-13-8-6-7-9-14(13)24-5-2/h6-9H,4-5,10H2,1-3H3,(H,19,23)(H,18,20,21). The van der Waals surface area contributed by atoms with Gasteiger partial charge in [0.05, 0.1) is 24.4 Å². The summed E-state index contributed by atoms with van der Waals surface area (Å²) in [6.07, 6.45) is 0.754. The molecule has 1 aliphatic rings. The Morgan fingerprint density at radius 1 is 1.38 bits per heavy atom. The summed E-state index contributed by atoms with van der Waals surface area (Å²) in [7, 11) is 0. The fraction of sp³-hybridized carbons (Fsp3) is 0.353. The number of benzene rings is 1. The number of nitrogens with zero attached hydrogens (tertiary/aromatic N) is 3. The van der Waals surface area contributed by atoms with Crippen LogP contribution < -0.4 is 15.4 Å². The number of aryl methyl sites for hydroxylation is 1. The van der Waals surface area contributed by atoms with Gasteiger partial charge in [0.2, 0.25) is 5.95 Å². The number of ether oxygens (including phenoxy) is 1. The molecule has 1 aromatic carbocycles. The first-order valence-corrected chi connectivity index (χ1v) is 8.06. The van der Waals surface area contributed by atoms with Crippen molar-refractivity contribution in [1.82, 2.24) is 14.8 Å². The third kappa shape index (κ3) is 3.10. The predicted molar refractivity (Wildman–Crippen MR) is 92.0 cm³/mol. The van der Waals surface area contributed by atoms with Gasteiger partial charge in [0, 0.05) is 12.1 Å². The Morgan fingerprint density at radius 2 is 2.17 bits per heavy atom. The Balaban J connectivity index is 1.80. The molecule has 0 fully saturated rings. The second-order valence-electron chi connectivity index (χ2n) is 5.47. The van der Waals surface area contributed by atoms with Crippen LogP contribution in [0.3, 0.4) is 0 Å². The lowest BCUT2D eigenvalue weighted by molar-refractivity contribution is -0.113. The highest BCUT2D eigenvalue weighted by molar-refractivity contribution is 6.05. The third-order valence-electron chi connectivity index (χ3n) is 3.80. The van der Waals surface area contributed by atoms with E-state index in [4.69, 9.17) is 4.74 Å². The van der Waals surface area contributed by atoms with Crippen molar-refractivity contribution in [2.75, 3.05) is 17.2 Å². The van der Waals surface area contributed by atoms with E-state index >= 15 is 0 Å². The molecule has 24 heavy (non-hydrogen) atoms. The lowest BCUT2D eigenvalue weighted by Gasteiger charge is -2.20. The van der Waals surface area contributed by atoms with Crippen molar-refractivity contribution >= 4 is 17.5 Å². The zero-order valence-corrected chi connectivity index (χ0v) is 14.1. The van der Waals surface area contributed by atoms with E-state index < -0.39 is 0 Å². The molecule has 0 spiro atoms. The van der Waals surface area contributed by atoms with Crippen molar-refractivity contribution < 1.29 is 9.53 Å². The lowest BCUT2D eigenvalue weighted by Crippen LogP contribution is -2.26. The highest BCUT2D eigenvalue weighted by atomic mass is 16.5. The van der Waals surface area contributed by atoms with Crippen LogP contribution in [0.25, 0.3) is 0 Å². The maximum absolute atomic E-state index is 12.7. The summed E-state index contributed by atoms with van der Waals surface area (Å²) >= 11 is 0. The molecule has 7 nitrogen and oxygen atoms in total. The molecule has 1 amide bonds. The summed E-state index contributed by atoms with van der Waals surface area (Å²) in [6, 6.07) is 7.40. The number of fused-ring (bicyclic) bond motifs is 1. The van der Waals surface area contributed by atoms with Crippen LogP contribution in [0.5, 0.6) is 5.75 Å². The first-order valence-electron chi connectivity index (χ1n) is 8.06. The summed E-state index contributed by atoms with van der Waals surface area (Å²) in [5.41, 5.74) is 2.06. The van der Waals surface area contributed by atoms with E-state index in [0.717, 1.165) is 17.9 Å². The van der Waals surface area contributed by atoms with Gasteiger partial charge in [0.25, 0.3) is 5.91 Å². The number of para-hydroxylation sites is 2. The average molecular weight is 327 g/mol. The Labute approximate surface area is 140 Å². The molecule has 3 rings (SSSR count). The molecule has 0 saturated carbocycles. The molecule has 1 aliphatic heterocycles. The van der Waals surface area contributed by atoms with Gasteiger partial charge < -0.3 is 15.4 Å². The number of nitrogens with one attached hydrogen (secondary N) is 2. The molecule has 0 aliphatic carbocycles. The SMILES string of the molecule is CCOc1ccccc1NC(=O)C1=C(C)Nc2nc(CC)nn2C1. The van der Waals surface area contributed by atoms with Gasteiger partial charge in [-0.2, -0.15) is 10.1 Å². The van der Waals surface area contributed by atoms with Gasteiger partial charge in [-0.25, -0.2) is 4.68 Å². The van der Waals surface area contributed by atoms with Crippen LogP contribution in [0.1, 0.15) is 26.6 Å². The summed E-state index contributed by atoms with van der Waals surface area (Å²) in [5.74, 6) is 1.92. The minimum absolute atomic E-state index is 0.175. The highest BCUT2D eigenvalue weighted by Gasteiger charge is 2.23. The van der Waals surface area contributed by atoms with Crippen LogP contribution in [0.4, 0.5) is 11.6 Å².